The first-order valence-corrected chi connectivity index (χ1v) is 11.3. The third-order valence-electron chi connectivity index (χ3n) is 5.98. The number of benzene rings is 5. The fraction of sp³-hybridized carbons (Fsp3) is 0. The number of nitrogens with zero attached hydrogens (tertiary/aromatic N) is 1. The third kappa shape index (κ3) is 2.04. The molecular formula is C26H14BrNS. The zero-order valence-corrected chi connectivity index (χ0v) is 17.7. The monoisotopic (exact) mass is 451 g/mol. The summed E-state index contributed by atoms with van der Waals surface area (Å²) in [7, 11) is 0. The van der Waals surface area contributed by atoms with Crippen molar-refractivity contribution in [3.63, 3.8) is 0 Å². The van der Waals surface area contributed by atoms with Gasteiger partial charge in [-0.25, -0.2) is 0 Å². The Morgan fingerprint density at radius 2 is 1.55 bits per heavy atom. The topological polar surface area (TPSA) is 4.93 Å². The van der Waals surface area contributed by atoms with Gasteiger partial charge < -0.3 is 4.57 Å². The van der Waals surface area contributed by atoms with Gasteiger partial charge in [-0.3, -0.25) is 0 Å². The molecule has 29 heavy (non-hydrogen) atoms. The summed E-state index contributed by atoms with van der Waals surface area (Å²) in [6.45, 7) is 0. The molecule has 0 aliphatic heterocycles. The van der Waals surface area contributed by atoms with Crippen LogP contribution in [-0.2, 0) is 0 Å². The molecule has 0 aliphatic carbocycles. The predicted molar refractivity (Wildman–Crippen MR) is 130 cm³/mol. The molecule has 0 saturated carbocycles. The van der Waals surface area contributed by atoms with Crippen LogP contribution in [0.1, 0.15) is 0 Å². The Bertz CT molecular complexity index is 1710. The number of aromatic nitrogens is 1. The van der Waals surface area contributed by atoms with Crippen LogP contribution in [0, 0.1) is 0 Å². The number of thiophene rings is 1. The van der Waals surface area contributed by atoms with E-state index in [-0.39, 0.29) is 0 Å². The molecular weight excluding hydrogens is 438 g/mol. The summed E-state index contributed by atoms with van der Waals surface area (Å²) in [4.78, 5) is 0. The number of fused-ring (bicyclic) bond motifs is 4. The summed E-state index contributed by atoms with van der Waals surface area (Å²) in [6.07, 6.45) is 0. The van der Waals surface area contributed by atoms with Crippen LogP contribution in [0.4, 0.5) is 0 Å². The number of rotatable bonds is 1. The van der Waals surface area contributed by atoms with Gasteiger partial charge in [0.2, 0.25) is 0 Å². The van der Waals surface area contributed by atoms with E-state index in [0.29, 0.717) is 0 Å². The SMILES string of the molecule is Brc1ccc2c(c1)c1cc3ccc4cccc5sc(c3c45)c1n2-c1ccccc1. The van der Waals surface area contributed by atoms with Crippen molar-refractivity contribution in [3.8, 4) is 5.69 Å². The lowest BCUT2D eigenvalue weighted by molar-refractivity contribution is 1.19. The Hall–Kier alpha value is -2.88. The zero-order valence-electron chi connectivity index (χ0n) is 15.3. The molecule has 2 heterocycles. The predicted octanol–water partition coefficient (Wildman–Crippen LogP) is 8.51. The van der Waals surface area contributed by atoms with Gasteiger partial charge >= 0.3 is 0 Å². The van der Waals surface area contributed by atoms with Crippen molar-refractivity contribution in [2.75, 3.05) is 0 Å². The molecule has 7 aromatic rings. The van der Waals surface area contributed by atoms with Crippen LogP contribution in [0.2, 0.25) is 0 Å². The molecule has 0 saturated heterocycles. The van der Waals surface area contributed by atoms with Gasteiger partial charge in [0, 0.05) is 36.4 Å². The van der Waals surface area contributed by atoms with E-state index in [9.17, 15) is 0 Å². The maximum absolute atomic E-state index is 3.69. The molecule has 0 fully saturated rings. The van der Waals surface area contributed by atoms with E-state index in [4.69, 9.17) is 0 Å². The van der Waals surface area contributed by atoms with Gasteiger partial charge in [-0.05, 0) is 53.2 Å². The standard InChI is InChI=1S/C26H14BrNS/c27-17-11-12-21-19(14-17)20-13-16-10-9-15-5-4-8-22-23(15)24(16)26(29-22)25(20)28(21)18-6-2-1-3-7-18/h1-14H. The van der Waals surface area contributed by atoms with Crippen LogP contribution < -0.4 is 0 Å². The molecule has 0 N–H and O–H groups in total. The molecule has 136 valence electrons. The molecule has 2 aromatic heterocycles. The van der Waals surface area contributed by atoms with Gasteiger partial charge in [0.05, 0.1) is 15.7 Å². The van der Waals surface area contributed by atoms with Crippen LogP contribution in [-0.4, -0.2) is 4.57 Å². The van der Waals surface area contributed by atoms with Crippen LogP contribution in [0.15, 0.2) is 89.4 Å². The second kappa shape index (κ2) is 5.59. The maximum atomic E-state index is 3.69. The molecule has 1 nitrogen and oxygen atoms in total. The van der Waals surface area contributed by atoms with E-state index in [1.165, 1.54) is 58.4 Å². The lowest BCUT2D eigenvalue weighted by Crippen LogP contribution is -1.93. The van der Waals surface area contributed by atoms with Crippen LogP contribution >= 0.6 is 27.3 Å². The summed E-state index contributed by atoms with van der Waals surface area (Å²) in [5.41, 5.74) is 3.76. The summed E-state index contributed by atoms with van der Waals surface area (Å²) >= 11 is 5.60. The number of hydrogen-bond donors (Lipinski definition) is 0. The van der Waals surface area contributed by atoms with Gasteiger partial charge in [0.1, 0.15) is 0 Å². The number of hydrogen-bond acceptors (Lipinski definition) is 1. The molecule has 0 unspecified atom stereocenters. The van der Waals surface area contributed by atoms with Gasteiger partial charge in [0.25, 0.3) is 0 Å². The molecule has 3 heteroatoms. The molecule has 0 atom stereocenters. The average Bonchev–Trinajstić information content (AvgIpc) is 3.29. The minimum atomic E-state index is 1.11. The second-order valence-electron chi connectivity index (χ2n) is 7.55. The Kier molecular flexibility index (Phi) is 3.08. The zero-order chi connectivity index (χ0) is 19.1. The Morgan fingerprint density at radius 3 is 2.45 bits per heavy atom. The summed E-state index contributed by atoms with van der Waals surface area (Å²) in [5.74, 6) is 0. The first-order chi connectivity index (χ1) is 14.3. The Morgan fingerprint density at radius 1 is 0.690 bits per heavy atom. The Labute approximate surface area is 179 Å². The molecule has 0 bridgehead atoms. The van der Waals surface area contributed by atoms with Crippen molar-refractivity contribution in [2.45, 2.75) is 0 Å². The first-order valence-electron chi connectivity index (χ1n) is 9.65. The van der Waals surface area contributed by atoms with Crippen molar-refractivity contribution >= 4 is 80.0 Å². The first kappa shape index (κ1) is 16.0. The van der Waals surface area contributed by atoms with Crippen molar-refractivity contribution in [1.82, 2.24) is 4.57 Å². The van der Waals surface area contributed by atoms with E-state index >= 15 is 0 Å². The lowest BCUT2D eigenvalue weighted by atomic mass is 10.00. The van der Waals surface area contributed by atoms with Crippen molar-refractivity contribution < 1.29 is 0 Å². The minimum Gasteiger partial charge on any atom is -0.308 e. The van der Waals surface area contributed by atoms with Gasteiger partial charge in [0.15, 0.2) is 0 Å². The van der Waals surface area contributed by atoms with Crippen LogP contribution in [0.5, 0.6) is 0 Å². The van der Waals surface area contributed by atoms with Crippen molar-refractivity contribution in [1.29, 1.82) is 0 Å². The van der Waals surface area contributed by atoms with Crippen molar-refractivity contribution in [3.05, 3.63) is 89.4 Å². The highest BCUT2D eigenvalue weighted by Crippen LogP contribution is 2.47. The number of para-hydroxylation sites is 1. The average molecular weight is 452 g/mol. The summed E-state index contributed by atoms with van der Waals surface area (Å²) in [6, 6.07) is 30.9. The summed E-state index contributed by atoms with van der Waals surface area (Å²) < 4.78 is 6.28. The van der Waals surface area contributed by atoms with E-state index in [1.54, 1.807) is 0 Å². The molecule has 5 aromatic carbocycles. The Balaban J connectivity index is 1.83. The lowest BCUT2D eigenvalue weighted by Gasteiger charge is -2.09. The highest BCUT2D eigenvalue weighted by atomic mass is 79.9. The van der Waals surface area contributed by atoms with Gasteiger partial charge in [-0.1, -0.05) is 58.4 Å². The number of halogens is 1. The van der Waals surface area contributed by atoms with E-state index in [1.807, 2.05) is 11.3 Å². The largest absolute Gasteiger partial charge is 0.308 e. The fourth-order valence-electron chi connectivity index (χ4n) is 4.80. The smallest absolute Gasteiger partial charge is 0.0720 e. The molecule has 0 radical (unpaired) electrons. The van der Waals surface area contributed by atoms with Gasteiger partial charge in [-0.15, -0.1) is 11.3 Å². The van der Waals surface area contributed by atoms with Crippen molar-refractivity contribution in [2.24, 2.45) is 0 Å². The fourth-order valence-corrected chi connectivity index (χ4v) is 6.47. The van der Waals surface area contributed by atoms with E-state index < -0.39 is 0 Å². The van der Waals surface area contributed by atoms with E-state index in [2.05, 4.69) is 105 Å². The quantitative estimate of drug-likeness (QED) is 0.220. The second-order valence-corrected chi connectivity index (χ2v) is 9.52. The van der Waals surface area contributed by atoms with Gasteiger partial charge in [-0.2, -0.15) is 0 Å². The molecule has 7 rings (SSSR count). The molecule has 0 aliphatic rings. The normalized spacial score (nSPS) is 12.3. The minimum absolute atomic E-state index is 1.11. The van der Waals surface area contributed by atoms with Crippen LogP contribution in [0.3, 0.4) is 0 Å². The maximum Gasteiger partial charge on any atom is 0.0720 e. The molecule has 0 spiro atoms. The third-order valence-corrected chi connectivity index (χ3v) is 7.63. The highest BCUT2D eigenvalue weighted by Gasteiger charge is 2.20. The molecule has 0 amide bonds. The summed E-state index contributed by atoms with van der Waals surface area (Å²) in [5, 5.41) is 8.04. The highest BCUT2D eigenvalue weighted by molar-refractivity contribution is 9.10. The van der Waals surface area contributed by atoms with E-state index in [0.717, 1.165) is 4.47 Å². The van der Waals surface area contributed by atoms with Crippen LogP contribution in [0.25, 0.3) is 58.4 Å².